The highest BCUT2D eigenvalue weighted by atomic mass is 14.6. The molecule has 3 aromatic rings. The largest absolute Gasteiger partial charge is 0.265 e. The van der Waals surface area contributed by atoms with Crippen LogP contribution in [-0.4, -0.2) is 12.8 Å². The summed E-state index contributed by atoms with van der Waals surface area (Å²) in [5, 5.41) is 0. The zero-order chi connectivity index (χ0) is 15.6. The van der Waals surface area contributed by atoms with Crippen molar-refractivity contribution in [2.75, 3.05) is 0 Å². The molecule has 1 nitrogen and oxygen atoms in total. The third-order valence-corrected chi connectivity index (χ3v) is 4.75. The Kier molecular flexibility index (Phi) is 3.74. The second-order valence-corrected chi connectivity index (χ2v) is 6.31. The van der Waals surface area contributed by atoms with E-state index < -0.39 is 0 Å². The van der Waals surface area contributed by atoms with E-state index in [1.54, 1.807) is 0 Å². The van der Waals surface area contributed by atoms with Gasteiger partial charge in [0.25, 0.3) is 0 Å². The highest BCUT2D eigenvalue weighted by molar-refractivity contribution is 6.12. The average molecular weight is 295 g/mol. The van der Waals surface area contributed by atoms with Crippen LogP contribution in [0.5, 0.6) is 0 Å². The summed E-state index contributed by atoms with van der Waals surface area (Å²) in [5.41, 5.74) is 6.62. The van der Waals surface area contributed by atoms with Gasteiger partial charge in [-0.2, -0.15) is 0 Å². The summed E-state index contributed by atoms with van der Waals surface area (Å²) in [5.74, 6) is 0.621. The zero-order valence-corrected chi connectivity index (χ0v) is 13.0. The molecular weight excluding hydrogens is 277 g/mol. The molecule has 2 radical (unpaired) electrons. The molecule has 0 bridgehead atoms. The molecule has 1 aliphatic carbocycles. The van der Waals surface area contributed by atoms with Crippen molar-refractivity contribution < 1.29 is 0 Å². The lowest BCUT2D eigenvalue weighted by atomic mass is 9.67. The van der Waals surface area contributed by atoms with E-state index in [0.717, 1.165) is 12.8 Å². The van der Waals surface area contributed by atoms with E-state index in [1.807, 2.05) is 12.4 Å². The molecule has 2 aromatic carbocycles. The van der Waals surface area contributed by atoms with Crippen molar-refractivity contribution >= 4 is 7.85 Å². The summed E-state index contributed by atoms with van der Waals surface area (Å²) in [6.07, 6.45) is 5.68. The Morgan fingerprint density at radius 1 is 0.870 bits per heavy atom. The van der Waals surface area contributed by atoms with Crippen LogP contribution in [-0.2, 0) is 6.42 Å². The first-order valence-electron chi connectivity index (χ1n) is 8.15. The first-order chi connectivity index (χ1) is 11.3. The van der Waals surface area contributed by atoms with Crippen molar-refractivity contribution in [3.05, 3.63) is 89.7 Å². The monoisotopic (exact) mass is 295 g/mol. The quantitative estimate of drug-likeness (QED) is 0.620. The zero-order valence-electron chi connectivity index (χ0n) is 13.0. The number of pyridine rings is 1. The molecule has 1 heterocycles. The fourth-order valence-electron chi connectivity index (χ4n) is 3.65. The molecule has 1 aliphatic rings. The Morgan fingerprint density at radius 3 is 2.57 bits per heavy atom. The molecule has 0 fully saturated rings. The molecule has 0 unspecified atom stereocenters. The molecule has 2 heteroatoms. The number of hydrogen-bond donors (Lipinski definition) is 0. The summed E-state index contributed by atoms with van der Waals surface area (Å²) in [7, 11) is 6.32. The molecule has 2 atom stereocenters. The third kappa shape index (κ3) is 2.81. The van der Waals surface area contributed by atoms with Gasteiger partial charge in [-0.15, -0.1) is 0 Å². The average Bonchev–Trinajstić information content (AvgIpc) is 2.62. The molecule has 110 valence electrons. The highest BCUT2D eigenvalue weighted by Gasteiger charge is 2.25. The van der Waals surface area contributed by atoms with Crippen LogP contribution >= 0.6 is 0 Å². The maximum Gasteiger partial charge on any atom is 0.0704 e. The van der Waals surface area contributed by atoms with Gasteiger partial charge in [0.2, 0.25) is 0 Å². The van der Waals surface area contributed by atoms with Crippen molar-refractivity contribution in [2.45, 2.75) is 24.6 Å². The van der Waals surface area contributed by atoms with Gasteiger partial charge in [0, 0.05) is 18.3 Å². The minimum Gasteiger partial charge on any atom is -0.265 e. The van der Waals surface area contributed by atoms with Crippen LogP contribution < -0.4 is 0 Å². The second-order valence-electron chi connectivity index (χ2n) is 6.31. The van der Waals surface area contributed by atoms with Crippen LogP contribution in [0.15, 0.2) is 73.1 Å². The topological polar surface area (TPSA) is 12.9 Å². The molecular formula is C21H18BN. The summed E-state index contributed by atoms with van der Waals surface area (Å²) in [6, 6.07) is 21.7. The fourth-order valence-corrected chi connectivity index (χ4v) is 3.65. The van der Waals surface area contributed by atoms with E-state index >= 15 is 0 Å². The third-order valence-electron chi connectivity index (χ3n) is 4.75. The molecule has 0 aliphatic heterocycles. The van der Waals surface area contributed by atoms with Crippen LogP contribution in [0.1, 0.15) is 29.0 Å². The fraction of sp³-hybridized carbons (Fsp3) is 0.190. The van der Waals surface area contributed by atoms with E-state index in [4.69, 9.17) is 7.85 Å². The van der Waals surface area contributed by atoms with Crippen LogP contribution in [0.25, 0.3) is 11.1 Å². The predicted molar refractivity (Wildman–Crippen MR) is 95.8 cm³/mol. The number of hydrogen-bond acceptors (Lipinski definition) is 1. The SMILES string of the molecule is [B][C@@H]1Cc2ccccc2[C@@H](c2cccc(-c3ccncc3)c2)C1. The Bertz CT molecular complexity index is 813. The van der Waals surface area contributed by atoms with Gasteiger partial charge in [0.1, 0.15) is 0 Å². The summed E-state index contributed by atoms with van der Waals surface area (Å²) in [4.78, 5) is 4.11. The summed E-state index contributed by atoms with van der Waals surface area (Å²) in [6.45, 7) is 0. The summed E-state index contributed by atoms with van der Waals surface area (Å²) >= 11 is 0. The highest BCUT2D eigenvalue weighted by Crippen LogP contribution is 2.41. The van der Waals surface area contributed by atoms with Crippen molar-refractivity contribution in [2.24, 2.45) is 0 Å². The van der Waals surface area contributed by atoms with Crippen molar-refractivity contribution in [1.82, 2.24) is 4.98 Å². The van der Waals surface area contributed by atoms with Gasteiger partial charge in [0.15, 0.2) is 0 Å². The number of fused-ring (bicyclic) bond motifs is 1. The van der Waals surface area contributed by atoms with E-state index in [1.165, 1.54) is 27.8 Å². The number of aromatic nitrogens is 1. The van der Waals surface area contributed by atoms with Gasteiger partial charge < -0.3 is 0 Å². The van der Waals surface area contributed by atoms with Crippen molar-refractivity contribution in [3.8, 4) is 11.1 Å². The second kappa shape index (κ2) is 6.04. The Morgan fingerprint density at radius 2 is 1.70 bits per heavy atom. The lowest BCUT2D eigenvalue weighted by Gasteiger charge is -2.30. The lowest BCUT2D eigenvalue weighted by molar-refractivity contribution is 0.615. The molecule has 0 saturated heterocycles. The molecule has 0 amide bonds. The van der Waals surface area contributed by atoms with Gasteiger partial charge in [0.05, 0.1) is 7.85 Å². The molecule has 0 N–H and O–H groups in total. The predicted octanol–water partition coefficient (Wildman–Crippen LogP) is 4.78. The Balaban J connectivity index is 1.77. The minimum absolute atomic E-state index is 0.236. The van der Waals surface area contributed by atoms with Crippen LogP contribution in [0.2, 0.25) is 5.82 Å². The molecule has 23 heavy (non-hydrogen) atoms. The van der Waals surface area contributed by atoms with E-state index in [0.29, 0.717) is 5.92 Å². The smallest absolute Gasteiger partial charge is 0.0704 e. The normalized spacial score (nSPS) is 20.0. The standard InChI is InChI=1S/C21H18BN/c22-19-13-18-4-1-2-7-20(18)21(14-19)17-6-3-5-16(12-17)15-8-10-23-11-9-15/h1-12,19,21H,13-14H2/t19-,21-/m1/s1. The Hall–Kier alpha value is -2.35. The molecule has 0 saturated carbocycles. The van der Waals surface area contributed by atoms with Crippen LogP contribution in [0.3, 0.4) is 0 Å². The van der Waals surface area contributed by atoms with Crippen molar-refractivity contribution in [3.63, 3.8) is 0 Å². The summed E-state index contributed by atoms with van der Waals surface area (Å²) < 4.78 is 0. The van der Waals surface area contributed by atoms with Gasteiger partial charge in [-0.1, -0.05) is 54.3 Å². The maximum atomic E-state index is 6.32. The van der Waals surface area contributed by atoms with Gasteiger partial charge in [-0.25, -0.2) is 0 Å². The van der Waals surface area contributed by atoms with Gasteiger partial charge >= 0.3 is 0 Å². The van der Waals surface area contributed by atoms with Crippen molar-refractivity contribution in [1.29, 1.82) is 0 Å². The van der Waals surface area contributed by atoms with E-state index in [-0.39, 0.29) is 5.82 Å². The maximum absolute atomic E-state index is 6.32. The van der Waals surface area contributed by atoms with Crippen LogP contribution in [0.4, 0.5) is 0 Å². The van der Waals surface area contributed by atoms with E-state index in [9.17, 15) is 0 Å². The minimum atomic E-state index is 0.236. The van der Waals surface area contributed by atoms with Crippen LogP contribution in [0, 0.1) is 0 Å². The molecule has 1 aromatic heterocycles. The Labute approximate surface area is 138 Å². The van der Waals surface area contributed by atoms with Gasteiger partial charge in [-0.3, -0.25) is 4.98 Å². The lowest BCUT2D eigenvalue weighted by Crippen LogP contribution is -2.16. The number of benzene rings is 2. The first kappa shape index (κ1) is 14.3. The first-order valence-corrected chi connectivity index (χ1v) is 8.15. The van der Waals surface area contributed by atoms with Gasteiger partial charge in [-0.05, 0) is 52.8 Å². The molecule has 0 spiro atoms. The van der Waals surface area contributed by atoms with E-state index in [2.05, 4.69) is 65.6 Å². The number of rotatable bonds is 2. The number of nitrogens with zero attached hydrogens (tertiary/aromatic N) is 1. The molecule has 4 rings (SSSR count).